The minimum atomic E-state index is -3.52. The molecule has 2 aromatic carbocycles. The van der Waals surface area contributed by atoms with E-state index in [1.165, 1.54) is 0 Å². The van der Waals surface area contributed by atoms with Crippen LogP contribution in [0.3, 0.4) is 0 Å². The van der Waals surface area contributed by atoms with Gasteiger partial charge in [-0.05, 0) is 18.1 Å². The molecular formula is C15H16O3S. The van der Waals surface area contributed by atoms with Crippen molar-refractivity contribution in [2.24, 2.45) is 0 Å². The van der Waals surface area contributed by atoms with E-state index in [1.54, 1.807) is 12.1 Å². The summed E-state index contributed by atoms with van der Waals surface area (Å²) in [7, 11) is -3.52. The van der Waals surface area contributed by atoms with Crippen LogP contribution in [0.1, 0.15) is 13.3 Å². The molecule has 0 saturated heterocycles. The Hall–Kier alpha value is -1.81. The molecule has 2 aromatic rings. The summed E-state index contributed by atoms with van der Waals surface area (Å²) < 4.78 is 28.7. The molecule has 100 valence electrons. The van der Waals surface area contributed by atoms with E-state index in [0.29, 0.717) is 12.2 Å². The lowest BCUT2D eigenvalue weighted by Gasteiger charge is -2.11. The summed E-state index contributed by atoms with van der Waals surface area (Å²) >= 11 is 0. The van der Waals surface area contributed by atoms with Crippen LogP contribution in [0.25, 0.3) is 11.1 Å². The lowest BCUT2D eigenvalue weighted by molar-refractivity contribution is 0.486. The van der Waals surface area contributed by atoms with Gasteiger partial charge in [-0.2, -0.15) is 8.42 Å². The molecule has 0 fully saturated rings. The fourth-order valence-corrected chi connectivity index (χ4v) is 2.83. The highest BCUT2D eigenvalue weighted by Crippen LogP contribution is 2.30. The number of benzene rings is 2. The van der Waals surface area contributed by atoms with Crippen LogP contribution in [0.15, 0.2) is 54.6 Å². The molecule has 0 N–H and O–H groups in total. The zero-order chi connectivity index (χ0) is 13.7. The van der Waals surface area contributed by atoms with E-state index < -0.39 is 10.1 Å². The van der Waals surface area contributed by atoms with Gasteiger partial charge in [0.15, 0.2) is 0 Å². The van der Waals surface area contributed by atoms with E-state index in [2.05, 4.69) is 0 Å². The van der Waals surface area contributed by atoms with Crippen LogP contribution in [-0.4, -0.2) is 14.2 Å². The molecule has 0 saturated carbocycles. The van der Waals surface area contributed by atoms with Gasteiger partial charge in [0.1, 0.15) is 5.75 Å². The third-order valence-corrected chi connectivity index (χ3v) is 3.98. The first-order valence-electron chi connectivity index (χ1n) is 6.19. The van der Waals surface area contributed by atoms with Crippen LogP contribution in [0, 0.1) is 0 Å². The predicted octanol–water partition coefficient (Wildman–Crippen LogP) is 3.47. The number of hydrogen-bond donors (Lipinski definition) is 0. The summed E-state index contributed by atoms with van der Waals surface area (Å²) in [5.41, 5.74) is 1.72. The molecule has 0 amide bonds. The maximum atomic E-state index is 11.8. The zero-order valence-electron chi connectivity index (χ0n) is 10.7. The van der Waals surface area contributed by atoms with Crippen LogP contribution < -0.4 is 4.18 Å². The summed E-state index contributed by atoms with van der Waals surface area (Å²) in [6, 6.07) is 16.7. The maximum absolute atomic E-state index is 11.8. The van der Waals surface area contributed by atoms with Crippen molar-refractivity contribution in [3.8, 4) is 16.9 Å². The molecule has 4 heteroatoms. The largest absolute Gasteiger partial charge is 0.382 e. The van der Waals surface area contributed by atoms with Gasteiger partial charge < -0.3 is 4.18 Å². The summed E-state index contributed by atoms with van der Waals surface area (Å²) in [5, 5.41) is 0. The first-order valence-corrected chi connectivity index (χ1v) is 7.77. The number of para-hydroxylation sites is 1. The Balaban J connectivity index is 2.38. The van der Waals surface area contributed by atoms with E-state index >= 15 is 0 Å². The Morgan fingerprint density at radius 3 is 2.26 bits per heavy atom. The zero-order valence-corrected chi connectivity index (χ0v) is 11.6. The van der Waals surface area contributed by atoms with Gasteiger partial charge >= 0.3 is 10.1 Å². The van der Waals surface area contributed by atoms with Crippen molar-refractivity contribution in [2.75, 3.05) is 5.75 Å². The average Bonchev–Trinajstić information content (AvgIpc) is 2.40. The second kappa shape index (κ2) is 5.89. The van der Waals surface area contributed by atoms with Gasteiger partial charge in [-0.25, -0.2) is 0 Å². The molecule has 0 unspecified atom stereocenters. The lowest BCUT2D eigenvalue weighted by atomic mass is 10.1. The highest BCUT2D eigenvalue weighted by molar-refractivity contribution is 7.87. The maximum Gasteiger partial charge on any atom is 0.309 e. The quantitative estimate of drug-likeness (QED) is 0.785. The smallest absolute Gasteiger partial charge is 0.309 e. The molecule has 0 radical (unpaired) electrons. The summed E-state index contributed by atoms with van der Waals surface area (Å²) in [6.45, 7) is 1.81. The van der Waals surface area contributed by atoms with Crippen LogP contribution in [0.5, 0.6) is 5.75 Å². The van der Waals surface area contributed by atoms with Crippen molar-refractivity contribution >= 4 is 10.1 Å². The molecule has 19 heavy (non-hydrogen) atoms. The topological polar surface area (TPSA) is 43.4 Å². The highest BCUT2D eigenvalue weighted by Gasteiger charge is 2.14. The molecule has 0 aliphatic rings. The van der Waals surface area contributed by atoms with Crippen molar-refractivity contribution < 1.29 is 12.6 Å². The third-order valence-electron chi connectivity index (χ3n) is 2.64. The monoisotopic (exact) mass is 276 g/mol. The second-order valence-corrected chi connectivity index (χ2v) is 5.90. The highest BCUT2D eigenvalue weighted by atomic mass is 32.2. The Morgan fingerprint density at radius 2 is 1.58 bits per heavy atom. The van der Waals surface area contributed by atoms with E-state index in [0.717, 1.165) is 11.1 Å². The summed E-state index contributed by atoms with van der Waals surface area (Å²) in [5.74, 6) is 0.401. The number of rotatable bonds is 5. The van der Waals surface area contributed by atoms with Gasteiger partial charge in [-0.15, -0.1) is 0 Å². The van der Waals surface area contributed by atoms with Gasteiger partial charge in [0.05, 0.1) is 5.75 Å². The van der Waals surface area contributed by atoms with E-state index in [-0.39, 0.29) is 5.75 Å². The molecule has 0 atom stereocenters. The van der Waals surface area contributed by atoms with Crippen molar-refractivity contribution in [3.05, 3.63) is 54.6 Å². The molecule has 0 heterocycles. The van der Waals surface area contributed by atoms with Crippen LogP contribution in [0.4, 0.5) is 0 Å². The minimum Gasteiger partial charge on any atom is -0.382 e. The molecule has 3 nitrogen and oxygen atoms in total. The van der Waals surface area contributed by atoms with Crippen molar-refractivity contribution in [3.63, 3.8) is 0 Å². The Kier molecular flexibility index (Phi) is 4.22. The van der Waals surface area contributed by atoms with Crippen molar-refractivity contribution in [2.45, 2.75) is 13.3 Å². The average molecular weight is 276 g/mol. The van der Waals surface area contributed by atoms with Crippen molar-refractivity contribution in [1.82, 2.24) is 0 Å². The predicted molar refractivity (Wildman–Crippen MR) is 76.6 cm³/mol. The standard InChI is InChI=1S/C15H16O3S/c1-2-12-19(16,17)18-15-11-7-6-10-14(15)13-8-4-3-5-9-13/h3-11H,2,12H2,1H3. The van der Waals surface area contributed by atoms with E-state index in [4.69, 9.17) is 4.18 Å². The SMILES string of the molecule is CCCS(=O)(=O)Oc1ccccc1-c1ccccc1. The Bertz CT molecular complexity index is 633. The molecule has 0 aliphatic heterocycles. The molecule has 0 spiro atoms. The third kappa shape index (κ3) is 3.58. The van der Waals surface area contributed by atoms with E-state index in [1.807, 2.05) is 49.4 Å². The lowest BCUT2D eigenvalue weighted by Crippen LogP contribution is -2.13. The Labute approximate surface area is 114 Å². The van der Waals surface area contributed by atoms with Gasteiger partial charge in [0.2, 0.25) is 0 Å². The van der Waals surface area contributed by atoms with Gasteiger partial charge in [-0.3, -0.25) is 0 Å². The molecular weight excluding hydrogens is 260 g/mol. The van der Waals surface area contributed by atoms with E-state index in [9.17, 15) is 8.42 Å². The molecule has 2 rings (SSSR count). The van der Waals surface area contributed by atoms with Gasteiger partial charge in [0, 0.05) is 5.56 Å². The fourth-order valence-electron chi connectivity index (χ4n) is 1.82. The number of hydrogen-bond acceptors (Lipinski definition) is 3. The fraction of sp³-hybridized carbons (Fsp3) is 0.200. The van der Waals surface area contributed by atoms with Gasteiger partial charge in [0.25, 0.3) is 0 Å². The molecule has 0 bridgehead atoms. The van der Waals surface area contributed by atoms with Crippen LogP contribution >= 0.6 is 0 Å². The Morgan fingerprint density at radius 1 is 0.947 bits per heavy atom. The normalized spacial score (nSPS) is 11.2. The van der Waals surface area contributed by atoms with Crippen LogP contribution in [0.2, 0.25) is 0 Å². The van der Waals surface area contributed by atoms with Gasteiger partial charge in [-0.1, -0.05) is 55.5 Å². The molecule has 0 aromatic heterocycles. The first-order chi connectivity index (χ1) is 9.12. The minimum absolute atomic E-state index is 0.0239. The van der Waals surface area contributed by atoms with Crippen molar-refractivity contribution in [1.29, 1.82) is 0 Å². The first kappa shape index (κ1) is 13.6. The summed E-state index contributed by atoms with van der Waals surface area (Å²) in [4.78, 5) is 0. The second-order valence-electron chi connectivity index (χ2n) is 4.21. The van der Waals surface area contributed by atoms with Crippen LogP contribution in [-0.2, 0) is 10.1 Å². The molecule has 0 aliphatic carbocycles. The summed E-state index contributed by atoms with van der Waals surface area (Å²) in [6.07, 6.45) is 0.538.